The summed E-state index contributed by atoms with van der Waals surface area (Å²) >= 11 is 3.33. The lowest BCUT2D eigenvalue weighted by Gasteiger charge is -2.05. The minimum atomic E-state index is -1.12. The van der Waals surface area contributed by atoms with Gasteiger partial charge in [-0.25, -0.2) is 4.79 Å². The van der Waals surface area contributed by atoms with Gasteiger partial charge in [-0.2, -0.15) is 0 Å². The van der Waals surface area contributed by atoms with Gasteiger partial charge in [0.05, 0.1) is 0 Å². The highest BCUT2D eigenvalue weighted by atomic mass is 79.9. The van der Waals surface area contributed by atoms with Gasteiger partial charge in [0.2, 0.25) is 5.76 Å². The van der Waals surface area contributed by atoms with Crippen LogP contribution in [0, 0.1) is 6.92 Å². The van der Waals surface area contributed by atoms with Crippen molar-refractivity contribution < 1.29 is 19.1 Å². The van der Waals surface area contributed by atoms with Crippen LogP contribution in [0.4, 0.5) is 0 Å². The van der Waals surface area contributed by atoms with Crippen LogP contribution in [0.3, 0.4) is 0 Å². The van der Waals surface area contributed by atoms with Gasteiger partial charge >= 0.3 is 5.97 Å². The zero-order valence-electron chi connectivity index (χ0n) is 8.94. The van der Waals surface area contributed by atoms with Crippen molar-refractivity contribution in [3.8, 4) is 11.7 Å². The molecule has 0 aliphatic carbocycles. The van der Waals surface area contributed by atoms with Crippen LogP contribution in [0.5, 0.6) is 11.7 Å². The molecule has 0 bridgehead atoms. The van der Waals surface area contributed by atoms with Crippen LogP contribution in [-0.2, 0) is 0 Å². The summed E-state index contributed by atoms with van der Waals surface area (Å²) in [7, 11) is 0. The zero-order chi connectivity index (χ0) is 12.4. The lowest BCUT2D eigenvalue weighted by atomic mass is 10.2. The van der Waals surface area contributed by atoms with Gasteiger partial charge in [0, 0.05) is 10.5 Å². The molecule has 0 saturated heterocycles. The van der Waals surface area contributed by atoms with Crippen LogP contribution in [0.15, 0.2) is 39.2 Å². The van der Waals surface area contributed by atoms with E-state index in [1.807, 2.05) is 19.1 Å². The second kappa shape index (κ2) is 4.63. The first-order valence-electron chi connectivity index (χ1n) is 4.83. The molecule has 0 amide bonds. The fourth-order valence-electron chi connectivity index (χ4n) is 1.28. The van der Waals surface area contributed by atoms with E-state index in [0.29, 0.717) is 5.75 Å². The zero-order valence-corrected chi connectivity index (χ0v) is 10.5. The van der Waals surface area contributed by atoms with Crippen molar-refractivity contribution in [2.24, 2.45) is 0 Å². The maximum absolute atomic E-state index is 10.6. The average molecular weight is 297 g/mol. The smallest absolute Gasteiger partial charge is 0.371 e. The highest BCUT2D eigenvalue weighted by molar-refractivity contribution is 9.10. The first kappa shape index (κ1) is 11.7. The Labute approximate surface area is 106 Å². The summed E-state index contributed by atoms with van der Waals surface area (Å²) in [4.78, 5) is 10.6. The van der Waals surface area contributed by atoms with E-state index in [1.54, 1.807) is 6.07 Å². The monoisotopic (exact) mass is 296 g/mol. The molecule has 0 aliphatic heterocycles. The number of carboxylic acid groups (broad SMARTS) is 1. The molecule has 0 aliphatic rings. The van der Waals surface area contributed by atoms with Crippen molar-refractivity contribution in [3.05, 3.63) is 46.1 Å². The Morgan fingerprint density at radius 3 is 2.76 bits per heavy atom. The number of ether oxygens (including phenoxy) is 1. The number of rotatable bonds is 3. The van der Waals surface area contributed by atoms with Crippen molar-refractivity contribution in [1.29, 1.82) is 0 Å². The Morgan fingerprint density at radius 1 is 1.35 bits per heavy atom. The third-order valence-corrected chi connectivity index (χ3v) is 2.65. The molecule has 88 valence electrons. The molecule has 2 aromatic rings. The third-order valence-electron chi connectivity index (χ3n) is 2.15. The Bertz CT molecular complexity index is 559. The van der Waals surface area contributed by atoms with Gasteiger partial charge in [-0.3, -0.25) is 0 Å². The van der Waals surface area contributed by atoms with Gasteiger partial charge in [0.25, 0.3) is 5.95 Å². The normalized spacial score (nSPS) is 10.2. The molecule has 1 heterocycles. The first-order chi connectivity index (χ1) is 8.06. The van der Waals surface area contributed by atoms with Crippen LogP contribution in [0.2, 0.25) is 0 Å². The summed E-state index contributed by atoms with van der Waals surface area (Å²) in [5.41, 5.74) is 0.932. The minimum Gasteiger partial charge on any atom is -0.475 e. The van der Waals surface area contributed by atoms with E-state index in [2.05, 4.69) is 15.9 Å². The number of hydrogen-bond acceptors (Lipinski definition) is 3. The number of furan rings is 1. The largest absolute Gasteiger partial charge is 0.475 e. The van der Waals surface area contributed by atoms with Gasteiger partial charge in [0.15, 0.2) is 0 Å². The maximum Gasteiger partial charge on any atom is 0.371 e. The van der Waals surface area contributed by atoms with Gasteiger partial charge in [-0.15, -0.1) is 0 Å². The number of carboxylic acids is 1. The average Bonchev–Trinajstić information content (AvgIpc) is 2.72. The van der Waals surface area contributed by atoms with Crippen LogP contribution >= 0.6 is 15.9 Å². The van der Waals surface area contributed by atoms with Gasteiger partial charge in [0.1, 0.15) is 5.75 Å². The Kier molecular flexibility index (Phi) is 3.19. The predicted octanol–water partition coefficient (Wildman–Crippen LogP) is 3.84. The topological polar surface area (TPSA) is 59.7 Å². The van der Waals surface area contributed by atoms with Gasteiger partial charge in [-0.1, -0.05) is 22.0 Å². The number of halogens is 1. The van der Waals surface area contributed by atoms with Gasteiger partial charge in [-0.05, 0) is 30.7 Å². The minimum absolute atomic E-state index is 0.146. The van der Waals surface area contributed by atoms with E-state index in [4.69, 9.17) is 14.3 Å². The number of carbonyl (C=O) groups is 1. The molecule has 0 fully saturated rings. The number of aryl methyl sites for hydroxylation is 1. The molecule has 1 aromatic heterocycles. The van der Waals surface area contributed by atoms with Crippen molar-refractivity contribution in [3.63, 3.8) is 0 Å². The molecule has 4 nitrogen and oxygen atoms in total. The van der Waals surface area contributed by atoms with Crippen molar-refractivity contribution >= 4 is 21.9 Å². The molecule has 0 spiro atoms. The molecule has 0 unspecified atom stereocenters. The SMILES string of the molecule is Cc1ccc(Br)cc1Oc1ccc(C(=O)O)o1. The fraction of sp³-hybridized carbons (Fsp3) is 0.0833. The van der Waals surface area contributed by atoms with Gasteiger partial charge < -0.3 is 14.3 Å². The lowest BCUT2D eigenvalue weighted by Crippen LogP contribution is -1.92. The quantitative estimate of drug-likeness (QED) is 0.935. The summed E-state index contributed by atoms with van der Waals surface area (Å²) < 4.78 is 11.3. The summed E-state index contributed by atoms with van der Waals surface area (Å²) in [5, 5.41) is 8.71. The molecule has 1 N–H and O–H groups in total. The highest BCUT2D eigenvalue weighted by Gasteiger charge is 2.11. The second-order valence-electron chi connectivity index (χ2n) is 3.44. The molecule has 0 saturated carbocycles. The third kappa shape index (κ3) is 2.68. The van der Waals surface area contributed by atoms with E-state index in [1.165, 1.54) is 12.1 Å². The van der Waals surface area contributed by atoms with E-state index in [9.17, 15) is 4.79 Å². The number of aromatic carboxylic acids is 1. The lowest BCUT2D eigenvalue weighted by molar-refractivity contribution is 0.0657. The number of benzene rings is 1. The number of hydrogen-bond donors (Lipinski definition) is 1. The van der Waals surface area contributed by atoms with Crippen LogP contribution in [0.25, 0.3) is 0 Å². The van der Waals surface area contributed by atoms with E-state index < -0.39 is 5.97 Å². The standard InChI is InChI=1S/C12H9BrO4/c1-7-2-3-8(13)6-10(7)17-11-5-4-9(16-11)12(14)15/h2-6H,1H3,(H,14,15). The molecule has 1 aromatic carbocycles. The Balaban J connectivity index is 2.25. The fourth-order valence-corrected chi connectivity index (χ4v) is 1.62. The van der Waals surface area contributed by atoms with Crippen molar-refractivity contribution in [2.75, 3.05) is 0 Å². The summed E-state index contributed by atoms with van der Waals surface area (Å²) in [5.74, 6) is -0.493. The predicted molar refractivity (Wildman–Crippen MR) is 64.6 cm³/mol. The van der Waals surface area contributed by atoms with Crippen molar-refractivity contribution in [2.45, 2.75) is 6.92 Å². The second-order valence-corrected chi connectivity index (χ2v) is 4.35. The van der Waals surface area contributed by atoms with Crippen LogP contribution in [0.1, 0.15) is 16.1 Å². The van der Waals surface area contributed by atoms with E-state index in [-0.39, 0.29) is 11.7 Å². The molecule has 17 heavy (non-hydrogen) atoms. The van der Waals surface area contributed by atoms with E-state index in [0.717, 1.165) is 10.0 Å². The molecule has 5 heteroatoms. The first-order valence-corrected chi connectivity index (χ1v) is 5.62. The summed E-state index contributed by atoms with van der Waals surface area (Å²) in [6.07, 6.45) is 0. The van der Waals surface area contributed by atoms with Crippen molar-refractivity contribution in [1.82, 2.24) is 0 Å². The summed E-state index contributed by atoms with van der Waals surface area (Å²) in [6.45, 7) is 1.89. The van der Waals surface area contributed by atoms with E-state index >= 15 is 0 Å². The Morgan fingerprint density at radius 2 is 2.12 bits per heavy atom. The summed E-state index contributed by atoms with van der Waals surface area (Å²) in [6, 6.07) is 8.40. The highest BCUT2D eigenvalue weighted by Crippen LogP contribution is 2.29. The molecule has 0 radical (unpaired) electrons. The van der Waals surface area contributed by atoms with Crippen LogP contribution in [-0.4, -0.2) is 11.1 Å². The van der Waals surface area contributed by atoms with Crippen LogP contribution < -0.4 is 4.74 Å². The maximum atomic E-state index is 10.6. The molecular weight excluding hydrogens is 288 g/mol. The molecule has 0 atom stereocenters. The molecule has 2 rings (SSSR count). The molecular formula is C12H9BrO4. The Hall–Kier alpha value is -1.75.